The Labute approximate surface area is 139 Å². The molecule has 0 radical (unpaired) electrons. The number of likely N-dealkylation sites (tertiary alicyclic amines) is 1. The molecule has 3 heteroatoms. The summed E-state index contributed by atoms with van der Waals surface area (Å²) >= 11 is 3.69. The summed E-state index contributed by atoms with van der Waals surface area (Å²) in [6.07, 6.45) is 11.2. The smallest absolute Gasteiger partial charge is 0.225 e. The van der Waals surface area contributed by atoms with Crippen LogP contribution in [0.25, 0.3) is 0 Å². The van der Waals surface area contributed by atoms with Gasteiger partial charge in [-0.2, -0.15) is 0 Å². The number of hydrogen-bond donors (Lipinski definition) is 0. The lowest BCUT2D eigenvalue weighted by Gasteiger charge is -2.37. The van der Waals surface area contributed by atoms with Gasteiger partial charge in [-0.25, -0.2) is 0 Å². The minimum atomic E-state index is 0.334. The first-order chi connectivity index (χ1) is 10.1. The van der Waals surface area contributed by atoms with Gasteiger partial charge in [0, 0.05) is 23.8 Å². The van der Waals surface area contributed by atoms with Crippen LogP contribution in [0.1, 0.15) is 71.6 Å². The quantitative estimate of drug-likeness (QED) is 0.633. The maximum absolute atomic E-state index is 12.7. The minimum absolute atomic E-state index is 0.334. The summed E-state index contributed by atoms with van der Waals surface area (Å²) in [4.78, 5) is 15.4. The van der Waals surface area contributed by atoms with E-state index in [0.29, 0.717) is 16.7 Å². The molecule has 0 aromatic rings. The second-order valence-corrected chi connectivity index (χ2v) is 8.64. The summed E-state index contributed by atoms with van der Waals surface area (Å²) in [7, 11) is 0. The van der Waals surface area contributed by atoms with Crippen LogP contribution in [0.5, 0.6) is 0 Å². The Morgan fingerprint density at radius 2 is 1.76 bits per heavy atom. The van der Waals surface area contributed by atoms with Crippen molar-refractivity contribution in [3.8, 4) is 0 Å². The molecule has 1 aliphatic heterocycles. The zero-order valence-corrected chi connectivity index (χ0v) is 15.4. The molecule has 2 nitrogen and oxygen atoms in total. The van der Waals surface area contributed by atoms with Gasteiger partial charge in [0.2, 0.25) is 5.91 Å². The van der Waals surface area contributed by atoms with Crippen molar-refractivity contribution in [1.29, 1.82) is 0 Å². The van der Waals surface area contributed by atoms with Crippen molar-refractivity contribution in [1.82, 2.24) is 4.90 Å². The van der Waals surface area contributed by atoms with Crippen molar-refractivity contribution >= 4 is 21.8 Å². The van der Waals surface area contributed by atoms with Crippen molar-refractivity contribution in [3.05, 3.63) is 0 Å². The molecule has 0 N–H and O–H groups in total. The second-order valence-electron chi connectivity index (χ2n) is 7.20. The third-order valence-electron chi connectivity index (χ3n) is 5.66. The zero-order chi connectivity index (χ0) is 15.2. The van der Waals surface area contributed by atoms with Crippen molar-refractivity contribution in [2.24, 2.45) is 17.8 Å². The van der Waals surface area contributed by atoms with Crippen molar-refractivity contribution in [2.75, 3.05) is 13.1 Å². The molecule has 2 fully saturated rings. The summed E-state index contributed by atoms with van der Waals surface area (Å²) in [6, 6.07) is 0. The number of piperidine rings is 1. The number of halogens is 1. The normalized spacial score (nSPS) is 29.4. The number of rotatable bonds is 5. The highest BCUT2D eigenvalue weighted by Gasteiger charge is 2.31. The SMILES string of the molecule is CCCCC1CCC(C(=O)N2CCC(C(C)Br)CC2)CC1. The van der Waals surface area contributed by atoms with Crippen LogP contribution >= 0.6 is 15.9 Å². The topological polar surface area (TPSA) is 20.3 Å². The molecule has 1 atom stereocenters. The van der Waals surface area contributed by atoms with E-state index in [1.54, 1.807) is 0 Å². The lowest BCUT2D eigenvalue weighted by Crippen LogP contribution is -2.43. The van der Waals surface area contributed by atoms with Crippen LogP contribution in [0.4, 0.5) is 0 Å². The van der Waals surface area contributed by atoms with Gasteiger partial charge in [0.25, 0.3) is 0 Å². The number of unbranched alkanes of at least 4 members (excludes halogenated alkanes) is 1. The molecular formula is C18H32BrNO. The van der Waals surface area contributed by atoms with Gasteiger partial charge in [-0.15, -0.1) is 0 Å². The average Bonchev–Trinajstić information content (AvgIpc) is 2.53. The van der Waals surface area contributed by atoms with E-state index in [0.717, 1.165) is 37.8 Å². The fraction of sp³-hybridized carbons (Fsp3) is 0.944. The van der Waals surface area contributed by atoms with E-state index >= 15 is 0 Å². The Kier molecular flexibility index (Phi) is 7.04. The molecular weight excluding hydrogens is 326 g/mol. The van der Waals surface area contributed by atoms with Gasteiger partial charge in [0.05, 0.1) is 0 Å². The Morgan fingerprint density at radius 1 is 1.14 bits per heavy atom. The fourth-order valence-corrected chi connectivity index (χ4v) is 4.56. The molecule has 2 aliphatic rings. The maximum atomic E-state index is 12.7. The van der Waals surface area contributed by atoms with Crippen molar-refractivity contribution in [2.45, 2.75) is 76.5 Å². The number of carbonyl (C=O) groups is 1. The predicted octanol–water partition coefficient (Wildman–Crippen LogP) is 5.01. The molecule has 0 spiro atoms. The third kappa shape index (κ3) is 4.97. The third-order valence-corrected chi connectivity index (χ3v) is 6.41. The summed E-state index contributed by atoms with van der Waals surface area (Å²) in [5.41, 5.74) is 0. The van der Waals surface area contributed by atoms with Gasteiger partial charge >= 0.3 is 0 Å². The van der Waals surface area contributed by atoms with E-state index in [2.05, 4.69) is 34.7 Å². The Morgan fingerprint density at radius 3 is 2.29 bits per heavy atom. The highest BCUT2D eigenvalue weighted by Crippen LogP contribution is 2.34. The lowest BCUT2D eigenvalue weighted by atomic mass is 9.79. The Balaban J connectivity index is 1.73. The van der Waals surface area contributed by atoms with Gasteiger partial charge < -0.3 is 4.90 Å². The molecule has 0 aromatic carbocycles. The molecule has 0 bridgehead atoms. The molecule has 1 unspecified atom stereocenters. The molecule has 1 aliphatic carbocycles. The van der Waals surface area contributed by atoms with Crippen LogP contribution in [-0.2, 0) is 4.79 Å². The van der Waals surface area contributed by atoms with E-state index in [1.807, 2.05) is 0 Å². The van der Waals surface area contributed by atoms with Crippen LogP contribution in [0.3, 0.4) is 0 Å². The molecule has 122 valence electrons. The summed E-state index contributed by atoms with van der Waals surface area (Å²) in [5.74, 6) is 2.44. The van der Waals surface area contributed by atoms with Gasteiger partial charge in [-0.1, -0.05) is 49.0 Å². The molecule has 1 saturated carbocycles. The zero-order valence-electron chi connectivity index (χ0n) is 13.8. The molecule has 1 heterocycles. The second kappa shape index (κ2) is 8.55. The number of amides is 1. The Hall–Kier alpha value is -0.0500. The summed E-state index contributed by atoms with van der Waals surface area (Å²) in [5, 5.41) is 0. The van der Waals surface area contributed by atoms with E-state index in [-0.39, 0.29) is 0 Å². The van der Waals surface area contributed by atoms with Gasteiger partial charge in [-0.05, 0) is 50.4 Å². The number of nitrogens with zero attached hydrogens (tertiary/aromatic N) is 1. The highest BCUT2D eigenvalue weighted by atomic mass is 79.9. The van der Waals surface area contributed by atoms with Gasteiger partial charge in [0.1, 0.15) is 0 Å². The van der Waals surface area contributed by atoms with E-state index < -0.39 is 0 Å². The van der Waals surface area contributed by atoms with Crippen LogP contribution in [-0.4, -0.2) is 28.7 Å². The molecule has 0 aromatic heterocycles. The largest absolute Gasteiger partial charge is 0.342 e. The Bertz CT molecular complexity index is 315. The van der Waals surface area contributed by atoms with E-state index in [9.17, 15) is 4.79 Å². The van der Waals surface area contributed by atoms with Crippen molar-refractivity contribution < 1.29 is 4.79 Å². The maximum Gasteiger partial charge on any atom is 0.225 e. The average molecular weight is 358 g/mol. The first kappa shape index (κ1) is 17.3. The van der Waals surface area contributed by atoms with E-state index in [4.69, 9.17) is 0 Å². The predicted molar refractivity (Wildman–Crippen MR) is 92.7 cm³/mol. The van der Waals surface area contributed by atoms with Gasteiger partial charge in [-0.3, -0.25) is 4.79 Å². The number of alkyl halides is 1. The molecule has 1 amide bonds. The van der Waals surface area contributed by atoms with Crippen LogP contribution in [0, 0.1) is 17.8 Å². The fourth-order valence-electron chi connectivity index (χ4n) is 4.03. The molecule has 2 rings (SSSR count). The molecule has 1 saturated heterocycles. The summed E-state index contributed by atoms with van der Waals surface area (Å²) in [6.45, 7) is 6.47. The lowest BCUT2D eigenvalue weighted by molar-refractivity contribution is -0.138. The summed E-state index contributed by atoms with van der Waals surface area (Å²) < 4.78 is 0. The molecule has 21 heavy (non-hydrogen) atoms. The van der Waals surface area contributed by atoms with Crippen molar-refractivity contribution in [3.63, 3.8) is 0 Å². The number of hydrogen-bond acceptors (Lipinski definition) is 1. The standard InChI is InChI=1S/C18H32BrNO/c1-3-4-5-15-6-8-17(9-7-15)18(21)20-12-10-16(11-13-20)14(2)19/h14-17H,3-13H2,1-2H3. The van der Waals surface area contributed by atoms with E-state index in [1.165, 1.54) is 44.9 Å². The number of carbonyl (C=O) groups excluding carboxylic acids is 1. The van der Waals surface area contributed by atoms with Crippen LogP contribution in [0.15, 0.2) is 0 Å². The first-order valence-electron chi connectivity index (χ1n) is 9.04. The minimum Gasteiger partial charge on any atom is -0.342 e. The first-order valence-corrected chi connectivity index (χ1v) is 9.96. The van der Waals surface area contributed by atoms with Gasteiger partial charge in [0.15, 0.2) is 0 Å². The highest BCUT2D eigenvalue weighted by molar-refractivity contribution is 9.09. The van der Waals surface area contributed by atoms with Crippen LogP contribution < -0.4 is 0 Å². The monoisotopic (exact) mass is 357 g/mol. The van der Waals surface area contributed by atoms with Crippen LogP contribution in [0.2, 0.25) is 0 Å².